The molecule has 2 aromatic rings. The van der Waals surface area contributed by atoms with Crippen LogP contribution in [0.25, 0.3) is 0 Å². The van der Waals surface area contributed by atoms with E-state index in [-0.39, 0.29) is 30.0 Å². The van der Waals surface area contributed by atoms with E-state index in [2.05, 4.69) is 20.5 Å². The van der Waals surface area contributed by atoms with E-state index >= 15 is 0 Å². The Morgan fingerprint density at radius 1 is 1.06 bits per heavy atom. The lowest BCUT2D eigenvalue weighted by Gasteiger charge is -2.34. The van der Waals surface area contributed by atoms with Crippen molar-refractivity contribution in [2.24, 2.45) is 4.99 Å². The van der Waals surface area contributed by atoms with Gasteiger partial charge < -0.3 is 25.0 Å². The van der Waals surface area contributed by atoms with Gasteiger partial charge in [-0.15, -0.1) is 24.0 Å². The van der Waals surface area contributed by atoms with Gasteiger partial charge in [0.25, 0.3) is 0 Å². The van der Waals surface area contributed by atoms with Crippen molar-refractivity contribution in [1.29, 1.82) is 0 Å². The van der Waals surface area contributed by atoms with E-state index in [0.29, 0.717) is 24.5 Å². The Hall–Kier alpha value is -2.30. The molecule has 0 unspecified atom stereocenters. The van der Waals surface area contributed by atoms with Crippen LogP contribution in [-0.4, -0.2) is 52.9 Å². The Labute approximate surface area is 205 Å². The summed E-state index contributed by atoms with van der Waals surface area (Å²) in [4.78, 5) is 6.58. The molecule has 1 fully saturated rings. The zero-order chi connectivity index (χ0) is 22.2. The number of aliphatic imine (C=N–C) groups is 1. The Balaban J connectivity index is 0.00000363. The SMILES string of the molecule is CN=C(NCCc1ccc(F)cc1F)NC1CCN(c2cc(OC)cc(OC)c2)CC1.I. The van der Waals surface area contributed by atoms with E-state index in [1.807, 2.05) is 18.2 Å². The van der Waals surface area contributed by atoms with Crippen molar-refractivity contribution in [1.82, 2.24) is 10.6 Å². The van der Waals surface area contributed by atoms with Crippen molar-refractivity contribution in [2.45, 2.75) is 25.3 Å². The van der Waals surface area contributed by atoms with Crippen LogP contribution in [0.15, 0.2) is 41.4 Å². The van der Waals surface area contributed by atoms with Gasteiger partial charge in [-0.2, -0.15) is 0 Å². The molecule has 0 aliphatic carbocycles. The summed E-state index contributed by atoms with van der Waals surface area (Å²) in [6.45, 7) is 2.29. The number of hydrogen-bond acceptors (Lipinski definition) is 4. The Morgan fingerprint density at radius 2 is 1.72 bits per heavy atom. The number of piperidine rings is 1. The maximum atomic E-state index is 13.8. The molecule has 0 amide bonds. The summed E-state index contributed by atoms with van der Waals surface area (Å²) in [6.07, 6.45) is 2.35. The van der Waals surface area contributed by atoms with Gasteiger partial charge in [-0.25, -0.2) is 8.78 Å². The maximum absolute atomic E-state index is 13.8. The van der Waals surface area contributed by atoms with Crippen LogP contribution < -0.4 is 25.0 Å². The summed E-state index contributed by atoms with van der Waals surface area (Å²) in [6, 6.07) is 9.86. The van der Waals surface area contributed by atoms with Crippen molar-refractivity contribution < 1.29 is 18.3 Å². The van der Waals surface area contributed by atoms with Crippen LogP contribution in [0.3, 0.4) is 0 Å². The van der Waals surface area contributed by atoms with Crippen molar-refractivity contribution >= 4 is 35.6 Å². The van der Waals surface area contributed by atoms with Gasteiger partial charge in [0.15, 0.2) is 5.96 Å². The van der Waals surface area contributed by atoms with Crippen molar-refractivity contribution in [3.63, 3.8) is 0 Å². The first kappa shape index (κ1) is 26.0. The predicted octanol–water partition coefficient (Wildman–Crippen LogP) is 3.98. The molecule has 1 heterocycles. The maximum Gasteiger partial charge on any atom is 0.191 e. The lowest BCUT2D eigenvalue weighted by molar-refractivity contribution is 0.393. The average Bonchev–Trinajstić information content (AvgIpc) is 2.79. The molecule has 0 saturated carbocycles. The van der Waals surface area contributed by atoms with Gasteiger partial charge in [0, 0.05) is 62.7 Å². The number of benzene rings is 2. The van der Waals surface area contributed by atoms with Crippen LogP contribution in [0.2, 0.25) is 0 Å². The third-order valence-corrected chi connectivity index (χ3v) is 5.46. The Morgan fingerprint density at radius 3 is 2.28 bits per heavy atom. The molecule has 32 heavy (non-hydrogen) atoms. The largest absolute Gasteiger partial charge is 0.497 e. The second-order valence-electron chi connectivity index (χ2n) is 7.46. The number of nitrogens with one attached hydrogen (secondary N) is 2. The summed E-state index contributed by atoms with van der Waals surface area (Å²) < 4.78 is 37.5. The van der Waals surface area contributed by atoms with Crippen molar-refractivity contribution in [3.8, 4) is 11.5 Å². The minimum absolute atomic E-state index is 0. The third kappa shape index (κ3) is 7.11. The molecule has 0 spiro atoms. The van der Waals surface area contributed by atoms with Gasteiger partial charge in [0.2, 0.25) is 0 Å². The molecule has 9 heteroatoms. The highest BCUT2D eigenvalue weighted by Gasteiger charge is 2.21. The molecule has 0 aromatic heterocycles. The molecule has 2 aromatic carbocycles. The smallest absolute Gasteiger partial charge is 0.191 e. The molecule has 1 aliphatic heterocycles. The minimum atomic E-state index is -0.564. The average molecular weight is 560 g/mol. The van der Waals surface area contributed by atoms with Crippen LogP contribution in [0.4, 0.5) is 14.5 Å². The van der Waals surface area contributed by atoms with Crippen LogP contribution in [0.5, 0.6) is 11.5 Å². The Kier molecular flexibility index (Phi) is 10.3. The minimum Gasteiger partial charge on any atom is -0.497 e. The van der Waals surface area contributed by atoms with Crippen molar-refractivity contribution in [2.75, 3.05) is 45.8 Å². The topological polar surface area (TPSA) is 58.1 Å². The summed E-state index contributed by atoms with van der Waals surface area (Å²) in [7, 11) is 5.01. The van der Waals surface area contributed by atoms with Gasteiger partial charge in [0.05, 0.1) is 14.2 Å². The second kappa shape index (κ2) is 12.7. The van der Waals surface area contributed by atoms with E-state index in [0.717, 1.165) is 49.2 Å². The van der Waals surface area contributed by atoms with Crippen LogP contribution >= 0.6 is 24.0 Å². The quantitative estimate of drug-likeness (QED) is 0.305. The summed E-state index contributed by atoms with van der Waals surface area (Å²) >= 11 is 0. The van der Waals surface area contributed by atoms with Crippen LogP contribution in [0, 0.1) is 11.6 Å². The van der Waals surface area contributed by atoms with Crippen LogP contribution in [-0.2, 0) is 6.42 Å². The van der Waals surface area contributed by atoms with E-state index in [1.54, 1.807) is 21.3 Å². The number of methoxy groups -OCH3 is 2. The number of nitrogens with zero attached hydrogens (tertiary/aromatic N) is 2. The fraction of sp³-hybridized carbons (Fsp3) is 0.435. The molecule has 0 atom stereocenters. The highest BCUT2D eigenvalue weighted by atomic mass is 127. The molecule has 176 valence electrons. The standard InChI is InChI=1S/C23H30F2N4O2.HI/c1-26-23(27-9-6-16-4-5-17(24)12-22(16)25)28-18-7-10-29(11-8-18)19-13-20(30-2)15-21(14-19)31-3;/h4-5,12-15,18H,6-11H2,1-3H3,(H2,26,27,28);1H. The molecule has 1 saturated heterocycles. The number of anilines is 1. The van der Waals surface area contributed by atoms with Crippen LogP contribution in [0.1, 0.15) is 18.4 Å². The molecule has 0 radical (unpaired) electrons. The number of ether oxygens (including phenoxy) is 2. The molecule has 2 N–H and O–H groups in total. The lowest BCUT2D eigenvalue weighted by Crippen LogP contribution is -2.49. The summed E-state index contributed by atoms with van der Waals surface area (Å²) in [5.74, 6) is 1.15. The highest BCUT2D eigenvalue weighted by molar-refractivity contribution is 14.0. The van der Waals surface area contributed by atoms with E-state index < -0.39 is 11.6 Å². The van der Waals surface area contributed by atoms with E-state index in [1.165, 1.54) is 12.1 Å². The molecule has 1 aliphatic rings. The number of rotatable bonds is 7. The highest BCUT2D eigenvalue weighted by Crippen LogP contribution is 2.30. The third-order valence-electron chi connectivity index (χ3n) is 5.46. The monoisotopic (exact) mass is 560 g/mol. The first-order valence-corrected chi connectivity index (χ1v) is 10.4. The summed E-state index contributed by atoms with van der Waals surface area (Å²) in [5.41, 5.74) is 1.56. The first-order chi connectivity index (χ1) is 15.0. The Bertz CT molecular complexity index is 883. The first-order valence-electron chi connectivity index (χ1n) is 10.4. The second-order valence-corrected chi connectivity index (χ2v) is 7.46. The number of guanidine groups is 1. The fourth-order valence-corrected chi connectivity index (χ4v) is 3.69. The zero-order valence-corrected chi connectivity index (χ0v) is 21.0. The molecular formula is C23H31F2IN4O2. The van der Waals surface area contributed by atoms with Gasteiger partial charge in [0.1, 0.15) is 23.1 Å². The van der Waals surface area contributed by atoms with E-state index in [9.17, 15) is 8.78 Å². The fourth-order valence-electron chi connectivity index (χ4n) is 3.69. The van der Waals surface area contributed by atoms with E-state index in [4.69, 9.17) is 9.47 Å². The summed E-state index contributed by atoms with van der Waals surface area (Å²) in [5, 5.41) is 6.65. The predicted molar refractivity (Wildman–Crippen MR) is 135 cm³/mol. The van der Waals surface area contributed by atoms with Gasteiger partial charge in [-0.05, 0) is 30.9 Å². The molecule has 6 nitrogen and oxygen atoms in total. The normalized spacial score (nSPS) is 14.5. The molecular weight excluding hydrogens is 529 g/mol. The van der Waals surface area contributed by atoms with Gasteiger partial charge in [-0.3, -0.25) is 4.99 Å². The van der Waals surface area contributed by atoms with Gasteiger partial charge >= 0.3 is 0 Å². The van der Waals surface area contributed by atoms with Gasteiger partial charge in [-0.1, -0.05) is 6.07 Å². The zero-order valence-electron chi connectivity index (χ0n) is 18.7. The lowest BCUT2D eigenvalue weighted by atomic mass is 10.0. The molecule has 3 rings (SSSR count). The molecule has 0 bridgehead atoms. The number of hydrogen-bond donors (Lipinski definition) is 2. The van der Waals surface area contributed by atoms with Crippen molar-refractivity contribution in [3.05, 3.63) is 53.6 Å². The number of halogens is 3.